The van der Waals surface area contributed by atoms with Gasteiger partial charge >= 0.3 is 0 Å². The van der Waals surface area contributed by atoms with Crippen molar-refractivity contribution in [3.8, 4) is 0 Å². The summed E-state index contributed by atoms with van der Waals surface area (Å²) in [5.74, 6) is 0.642. The van der Waals surface area contributed by atoms with Crippen molar-refractivity contribution in [2.75, 3.05) is 0 Å². The lowest BCUT2D eigenvalue weighted by Gasteiger charge is -2.05. The van der Waals surface area contributed by atoms with Crippen LogP contribution in [0.5, 0.6) is 0 Å². The normalized spacial score (nSPS) is 11.0. The Morgan fingerprint density at radius 1 is 1.19 bits per heavy atom. The number of aromatic nitrogens is 2. The van der Waals surface area contributed by atoms with Gasteiger partial charge in [-0.1, -0.05) is 11.6 Å². The summed E-state index contributed by atoms with van der Waals surface area (Å²) in [5.41, 5.74) is 1.34. The second kappa shape index (κ2) is 6.22. The molecule has 0 atom stereocenters. The number of hydrogen-bond acceptors (Lipinski definition) is 3. The minimum atomic E-state index is -0.0759. The van der Waals surface area contributed by atoms with E-state index in [1.165, 1.54) is 4.40 Å². The molecule has 106 valence electrons. The van der Waals surface area contributed by atoms with Gasteiger partial charge in [0.2, 0.25) is 0 Å². The minimum Gasteiger partial charge on any atom is -0.269 e. The Hall–Kier alpha value is -1.30. The number of halogens is 2. The summed E-state index contributed by atoms with van der Waals surface area (Å²) in [7, 11) is 0. The molecule has 3 aromatic rings. The molecule has 3 nitrogen and oxygen atoms in total. The van der Waals surface area contributed by atoms with Gasteiger partial charge in [-0.3, -0.25) is 9.20 Å². The third-order valence-corrected chi connectivity index (χ3v) is 4.64. The van der Waals surface area contributed by atoms with E-state index in [1.54, 1.807) is 24.0 Å². The SMILES string of the molecule is O=c1cc(CSc2ccc(Cl)cc2)nc2ccc(Br)cn12. The number of pyridine rings is 1. The first-order chi connectivity index (χ1) is 10.1. The van der Waals surface area contributed by atoms with Crippen molar-refractivity contribution in [1.82, 2.24) is 9.38 Å². The average molecular weight is 382 g/mol. The Kier molecular flexibility index (Phi) is 4.33. The summed E-state index contributed by atoms with van der Waals surface area (Å²) in [6, 6.07) is 12.9. The molecule has 0 aliphatic rings. The van der Waals surface area contributed by atoms with Gasteiger partial charge in [0.25, 0.3) is 5.56 Å². The monoisotopic (exact) mass is 380 g/mol. The molecule has 0 bridgehead atoms. The van der Waals surface area contributed by atoms with Gasteiger partial charge in [-0.25, -0.2) is 4.98 Å². The number of thioether (sulfide) groups is 1. The highest BCUT2D eigenvalue weighted by Crippen LogP contribution is 2.23. The Morgan fingerprint density at radius 3 is 2.71 bits per heavy atom. The maximum atomic E-state index is 12.1. The average Bonchev–Trinajstić information content (AvgIpc) is 2.47. The molecule has 0 spiro atoms. The van der Waals surface area contributed by atoms with Crippen molar-refractivity contribution < 1.29 is 0 Å². The Balaban J connectivity index is 1.86. The van der Waals surface area contributed by atoms with Crippen LogP contribution in [0.3, 0.4) is 0 Å². The van der Waals surface area contributed by atoms with E-state index in [-0.39, 0.29) is 5.56 Å². The smallest absolute Gasteiger partial charge is 0.258 e. The maximum Gasteiger partial charge on any atom is 0.258 e. The molecule has 0 aliphatic heterocycles. The number of fused-ring (bicyclic) bond motifs is 1. The van der Waals surface area contributed by atoms with Crippen molar-refractivity contribution >= 4 is 44.9 Å². The highest BCUT2D eigenvalue weighted by atomic mass is 79.9. The van der Waals surface area contributed by atoms with Crippen molar-refractivity contribution in [2.45, 2.75) is 10.6 Å². The fourth-order valence-corrected chi connectivity index (χ4v) is 3.14. The van der Waals surface area contributed by atoms with Crippen LogP contribution >= 0.6 is 39.3 Å². The van der Waals surface area contributed by atoms with Gasteiger partial charge in [0, 0.05) is 32.4 Å². The summed E-state index contributed by atoms with van der Waals surface area (Å²) in [6.07, 6.45) is 1.72. The maximum absolute atomic E-state index is 12.1. The molecule has 21 heavy (non-hydrogen) atoms. The van der Waals surface area contributed by atoms with Gasteiger partial charge in [0.15, 0.2) is 0 Å². The molecule has 2 aromatic heterocycles. The molecule has 0 radical (unpaired) electrons. The number of rotatable bonds is 3. The number of nitrogens with zero attached hydrogens (tertiary/aromatic N) is 2. The molecule has 6 heteroatoms. The lowest BCUT2D eigenvalue weighted by Crippen LogP contribution is -2.15. The van der Waals surface area contributed by atoms with E-state index in [0.717, 1.165) is 15.1 Å². The second-order valence-corrected chi connectivity index (χ2v) is 6.80. The predicted octanol–water partition coefficient (Wildman–Crippen LogP) is 4.40. The largest absolute Gasteiger partial charge is 0.269 e. The van der Waals surface area contributed by atoms with Crippen molar-refractivity contribution in [3.63, 3.8) is 0 Å². The Labute approximate surface area is 139 Å². The van der Waals surface area contributed by atoms with E-state index in [1.807, 2.05) is 36.4 Å². The predicted molar refractivity (Wildman–Crippen MR) is 90.2 cm³/mol. The van der Waals surface area contributed by atoms with Crippen LogP contribution in [-0.4, -0.2) is 9.38 Å². The van der Waals surface area contributed by atoms with Crippen LogP contribution in [0.4, 0.5) is 0 Å². The quantitative estimate of drug-likeness (QED) is 0.631. The highest BCUT2D eigenvalue weighted by molar-refractivity contribution is 9.10. The summed E-state index contributed by atoms with van der Waals surface area (Å²) in [4.78, 5) is 17.7. The van der Waals surface area contributed by atoms with Crippen molar-refractivity contribution in [2.24, 2.45) is 0 Å². The fraction of sp³-hybridized carbons (Fsp3) is 0.0667. The molecular weight excluding hydrogens is 372 g/mol. The van der Waals surface area contributed by atoms with Crippen molar-refractivity contribution in [1.29, 1.82) is 0 Å². The van der Waals surface area contributed by atoms with Crippen LogP contribution in [0.1, 0.15) is 5.69 Å². The first-order valence-electron chi connectivity index (χ1n) is 6.18. The molecular formula is C15H10BrClN2OS. The fourth-order valence-electron chi connectivity index (χ4n) is 1.89. The van der Waals surface area contributed by atoms with Gasteiger partial charge in [-0.05, 0) is 52.3 Å². The van der Waals surface area contributed by atoms with Gasteiger partial charge in [0.1, 0.15) is 5.65 Å². The zero-order chi connectivity index (χ0) is 14.8. The topological polar surface area (TPSA) is 34.4 Å². The van der Waals surface area contributed by atoms with Crippen LogP contribution in [0.2, 0.25) is 5.02 Å². The van der Waals surface area contributed by atoms with E-state index in [2.05, 4.69) is 20.9 Å². The van der Waals surface area contributed by atoms with Gasteiger partial charge in [-0.2, -0.15) is 0 Å². The Bertz CT molecular complexity index is 848. The van der Waals surface area contributed by atoms with E-state index in [4.69, 9.17) is 11.6 Å². The zero-order valence-electron chi connectivity index (χ0n) is 10.8. The molecule has 0 N–H and O–H groups in total. The lowest BCUT2D eigenvalue weighted by molar-refractivity contribution is 1.01. The molecule has 0 saturated heterocycles. The molecule has 1 aromatic carbocycles. The van der Waals surface area contributed by atoms with Gasteiger partial charge in [0.05, 0.1) is 5.69 Å². The van der Waals surface area contributed by atoms with Gasteiger partial charge in [-0.15, -0.1) is 11.8 Å². The number of benzene rings is 1. The zero-order valence-corrected chi connectivity index (χ0v) is 14.0. The summed E-state index contributed by atoms with van der Waals surface area (Å²) >= 11 is 10.8. The standard InChI is InChI=1S/C15H10BrClN2OS/c16-10-1-6-14-18-12(7-15(20)19(14)8-10)9-21-13-4-2-11(17)3-5-13/h1-8H,9H2. The number of hydrogen-bond donors (Lipinski definition) is 0. The lowest BCUT2D eigenvalue weighted by atomic mass is 10.4. The molecule has 0 saturated carbocycles. The van der Waals surface area contributed by atoms with Crippen LogP contribution in [0, 0.1) is 0 Å². The molecule has 2 heterocycles. The first-order valence-corrected chi connectivity index (χ1v) is 8.34. The van der Waals surface area contributed by atoms with E-state index < -0.39 is 0 Å². The molecule has 0 aliphatic carbocycles. The first kappa shape index (κ1) is 14.6. The molecule has 0 amide bonds. The molecule has 0 fully saturated rings. The van der Waals surface area contributed by atoms with Crippen LogP contribution in [0.15, 0.2) is 62.8 Å². The van der Waals surface area contributed by atoms with Crippen LogP contribution < -0.4 is 5.56 Å². The van der Waals surface area contributed by atoms with Crippen LogP contribution in [-0.2, 0) is 5.75 Å². The van der Waals surface area contributed by atoms with Gasteiger partial charge < -0.3 is 0 Å². The molecule has 3 rings (SSSR count). The highest BCUT2D eigenvalue weighted by Gasteiger charge is 2.04. The van der Waals surface area contributed by atoms with E-state index in [0.29, 0.717) is 16.4 Å². The summed E-state index contributed by atoms with van der Waals surface area (Å²) in [5, 5.41) is 0.715. The van der Waals surface area contributed by atoms with E-state index >= 15 is 0 Å². The van der Waals surface area contributed by atoms with Crippen molar-refractivity contribution in [3.05, 3.63) is 74.2 Å². The molecule has 0 unspecified atom stereocenters. The van der Waals surface area contributed by atoms with E-state index in [9.17, 15) is 4.79 Å². The summed E-state index contributed by atoms with van der Waals surface area (Å²) in [6.45, 7) is 0. The third-order valence-electron chi connectivity index (χ3n) is 2.88. The second-order valence-electron chi connectivity index (χ2n) is 4.40. The van der Waals surface area contributed by atoms with Crippen LogP contribution in [0.25, 0.3) is 5.65 Å². The third kappa shape index (κ3) is 3.48. The minimum absolute atomic E-state index is 0.0759. The Morgan fingerprint density at radius 2 is 1.95 bits per heavy atom. The summed E-state index contributed by atoms with van der Waals surface area (Å²) < 4.78 is 2.38.